The molecule has 19 nitrogen and oxygen atoms in total. The summed E-state index contributed by atoms with van der Waals surface area (Å²) >= 11 is 0. The molecule has 2 rings (SSSR count). The highest BCUT2D eigenvalue weighted by molar-refractivity contribution is 7.61. The van der Waals surface area contributed by atoms with Gasteiger partial charge >= 0.3 is 33.3 Å². The molecule has 3 unspecified atom stereocenters. The summed E-state index contributed by atoms with van der Waals surface area (Å²) in [5, 5.41) is 31.1. The Balaban J connectivity index is 1.86. The third-order valence-corrected chi connectivity index (χ3v) is 13.1. The van der Waals surface area contributed by atoms with Crippen molar-refractivity contribution in [1.82, 2.24) is 9.55 Å². The Kier molecular flexibility index (Phi) is 34.4. The minimum atomic E-state index is -5.47. The van der Waals surface area contributed by atoms with Gasteiger partial charge in [0, 0.05) is 19.0 Å². The van der Waals surface area contributed by atoms with E-state index >= 15 is 0 Å². The highest BCUT2D eigenvalue weighted by Gasteiger charge is 2.46. The molecular weight excluding hydrogens is 985 g/mol. The Morgan fingerprint density at radius 3 is 1.88 bits per heavy atom. The molecular formula is C52H79N3O16P2. The van der Waals surface area contributed by atoms with Crippen molar-refractivity contribution in [3.05, 3.63) is 132 Å². The van der Waals surface area contributed by atoms with Crippen LogP contribution in [0.1, 0.15) is 129 Å². The quantitative estimate of drug-likeness (QED) is 0.0118. The number of rotatable bonds is 39. The molecule has 1 aromatic rings. The standard InChI is InChI=1S/C52H79N3O16P2/c1-3-5-7-9-11-12-13-14-15-16-17-18-19-20-21-22-24-28-32-36-47(57)66-40-44(69-48(58)37-33-29-25-27-31-35-43(56)34-30-26-23-10-8-6-4-2)41-67-72(62,63)71-73(64,65)68-42-45-49(59)50(60)51(70-45)55-39-38-46(53)54-52(55)61/h5-8,11-12,14-15,17-18,20-21,23-24,26,28,30,34,38-39,43-45,49-51,56,59-60H,3-4,9-10,13,16,19,22,25,27,29,31-33,35-37,40-42H2,1-2H3,(H,62,63)(H,64,65)(H2,53,54,61)/b7-5-,8-6+,12-11-,15-14-,18-17-,21-20-,26-23+,28-24-,34-30+/t43?,44-,45-,49-,50-,51-/m1/s1. The number of carbonyl (C=O) groups excluding carboxylic acids is 2. The second-order valence-electron chi connectivity index (χ2n) is 16.7. The maximum atomic E-state index is 12.9. The van der Waals surface area contributed by atoms with E-state index in [1.807, 2.05) is 42.5 Å². The zero-order chi connectivity index (χ0) is 53.6. The van der Waals surface area contributed by atoms with Crippen LogP contribution in [0.2, 0.25) is 0 Å². The topological polar surface area (TPSA) is 286 Å². The average Bonchev–Trinajstić information content (AvgIpc) is 3.62. The number of hydrogen-bond acceptors (Lipinski definition) is 16. The Morgan fingerprint density at radius 2 is 1.27 bits per heavy atom. The number of nitrogen functional groups attached to an aromatic ring is 1. The molecule has 0 aliphatic carbocycles. The number of unbranched alkanes of at least 4 members (excludes halogenated alkanes) is 4. The summed E-state index contributed by atoms with van der Waals surface area (Å²) in [6.07, 6.45) is 40.6. The highest BCUT2D eigenvalue weighted by Crippen LogP contribution is 2.60. The maximum absolute atomic E-state index is 12.9. The van der Waals surface area contributed by atoms with Gasteiger partial charge in [0.25, 0.3) is 0 Å². The minimum Gasteiger partial charge on any atom is -0.462 e. The molecule has 2 heterocycles. The number of ether oxygens (including phenoxy) is 3. The van der Waals surface area contributed by atoms with Crippen LogP contribution in [0.3, 0.4) is 0 Å². The van der Waals surface area contributed by atoms with Crippen LogP contribution in [0, 0.1) is 0 Å². The lowest BCUT2D eigenvalue weighted by molar-refractivity contribution is -0.161. The summed E-state index contributed by atoms with van der Waals surface area (Å²) in [5.74, 6) is -1.49. The molecule has 0 bridgehead atoms. The number of aliphatic hydroxyl groups excluding tert-OH is 3. The van der Waals surface area contributed by atoms with Crippen LogP contribution in [-0.2, 0) is 46.3 Å². The number of carbonyl (C=O) groups is 2. The average molecular weight is 1060 g/mol. The van der Waals surface area contributed by atoms with Crippen LogP contribution >= 0.6 is 15.6 Å². The molecule has 8 atom stereocenters. The molecule has 1 aromatic heterocycles. The summed E-state index contributed by atoms with van der Waals surface area (Å²) < 4.78 is 56.6. The Hall–Kier alpha value is -4.62. The van der Waals surface area contributed by atoms with E-state index in [0.717, 1.165) is 75.0 Å². The first-order valence-corrected chi connectivity index (χ1v) is 28.0. The summed E-state index contributed by atoms with van der Waals surface area (Å²) in [6, 6.07) is 1.23. The van der Waals surface area contributed by atoms with Gasteiger partial charge in [-0.1, -0.05) is 149 Å². The SMILES string of the molecule is CC/C=C\C/C=C\C/C=C\C/C=C\C/C=C\C/C=C\CCC(=O)OC[C@H](COP(=O)(O)OP(=O)(O)OC[C@H]1O[C@@H](n2ccc(N)nc2=O)[C@H](O)[C@@H]1O)OC(=O)CCCCCCCC(O)/C=C/C=C/C/C=C/CC. The van der Waals surface area contributed by atoms with Crippen molar-refractivity contribution < 1.29 is 71.4 Å². The molecule has 1 aliphatic heterocycles. The van der Waals surface area contributed by atoms with Gasteiger partial charge in [-0.2, -0.15) is 9.29 Å². The maximum Gasteiger partial charge on any atom is 0.481 e. The van der Waals surface area contributed by atoms with E-state index < -0.39 is 89.8 Å². The van der Waals surface area contributed by atoms with Crippen molar-refractivity contribution in [2.75, 3.05) is 25.6 Å². The van der Waals surface area contributed by atoms with Crippen molar-refractivity contribution in [2.24, 2.45) is 0 Å². The fourth-order valence-corrected chi connectivity index (χ4v) is 8.75. The van der Waals surface area contributed by atoms with E-state index in [0.29, 0.717) is 32.1 Å². The van der Waals surface area contributed by atoms with Gasteiger partial charge in [-0.3, -0.25) is 23.2 Å². The van der Waals surface area contributed by atoms with Gasteiger partial charge in [-0.05, 0) is 76.7 Å². The van der Waals surface area contributed by atoms with Gasteiger partial charge in [0.15, 0.2) is 12.3 Å². The Bertz CT molecular complexity index is 2170. The molecule has 73 heavy (non-hydrogen) atoms. The number of aromatic nitrogens is 2. The molecule has 0 radical (unpaired) electrons. The van der Waals surface area contributed by atoms with Crippen LogP contribution in [-0.4, -0.2) is 96.9 Å². The van der Waals surface area contributed by atoms with Crippen molar-refractivity contribution in [3.63, 3.8) is 0 Å². The highest BCUT2D eigenvalue weighted by atomic mass is 31.3. The molecule has 0 aromatic carbocycles. The van der Waals surface area contributed by atoms with E-state index in [4.69, 9.17) is 29.0 Å². The van der Waals surface area contributed by atoms with Gasteiger partial charge in [0.1, 0.15) is 30.7 Å². The first-order chi connectivity index (χ1) is 35.1. The van der Waals surface area contributed by atoms with Crippen LogP contribution in [0.5, 0.6) is 0 Å². The second-order valence-corrected chi connectivity index (χ2v) is 19.8. The first-order valence-electron chi connectivity index (χ1n) is 25.0. The number of phosphoric ester groups is 2. The summed E-state index contributed by atoms with van der Waals surface area (Å²) in [7, 11) is -10.9. The molecule has 1 fully saturated rings. The lowest BCUT2D eigenvalue weighted by Crippen LogP contribution is -2.36. The van der Waals surface area contributed by atoms with Crippen molar-refractivity contribution in [3.8, 4) is 0 Å². The number of allylic oxidation sites excluding steroid dienone is 17. The molecule has 7 N–H and O–H groups in total. The molecule has 0 saturated carbocycles. The van der Waals surface area contributed by atoms with E-state index in [1.54, 1.807) is 6.08 Å². The summed E-state index contributed by atoms with van der Waals surface area (Å²) in [6.45, 7) is 1.72. The van der Waals surface area contributed by atoms with Gasteiger partial charge in [-0.15, -0.1) is 0 Å². The number of anilines is 1. The van der Waals surface area contributed by atoms with E-state index in [-0.39, 0.29) is 18.7 Å². The van der Waals surface area contributed by atoms with E-state index in [2.05, 4.69) is 83.9 Å². The van der Waals surface area contributed by atoms with Gasteiger partial charge in [0.05, 0.1) is 19.3 Å². The van der Waals surface area contributed by atoms with Crippen molar-refractivity contribution >= 4 is 33.4 Å². The van der Waals surface area contributed by atoms with Crippen LogP contribution in [0.4, 0.5) is 5.82 Å². The fraction of sp³-hybridized carbons (Fsp3) is 0.538. The number of hydrogen-bond donors (Lipinski definition) is 6. The largest absolute Gasteiger partial charge is 0.481 e. The monoisotopic (exact) mass is 1060 g/mol. The van der Waals surface area contributed by atoms with Crippen molar-refractivity contribution in [2.45, 2.75) is 160 Å². The van der Waals surface area contributed by atoms with Gasteiger partial charge in [-0.25, -0.2) is 13.9 Å². The third kappa shape index (κ3) is 31.7. The summed E-state index contributed by atoms with van der Waals surface area (Å²) in [4.78, 5) is 61.9. The minimum absolute atomic E-state index is 0.0254. The number of nitrogens with zero attached hydrogens (tertiary/aromatic N) is 2. The zero-order valence-corrected chi connectivity index (χ0v) is 44.0. The Labute approximate surface area is 430 Å². The third-order valence-electron chi connectivity index (χ3n) is 10.5. The summed E-state index contributed by atoms with van der Waals surface area (Å²) in [5.41, 5.74) is 4.57. The van der Waals surface area contributed by atoms with Crippen LogP contribution in [0.15, 0.2) is 126 Å². The molecule has 21 heteroatoms. The predicted octanol–water partition coefficient (Wildman–Crippen LogP) is 9.19. The zero-order valence-electron chi connectivity index (χ0n) is 42.2. The smallest absolute Gasteiger partial charge is 0.462 e. The van der Waals surface area contributed by atoms with E-state index in [1.165, 1.54) is 6.07 Å². The fourth-order valence-electron chi connectivity index (χ4n) is 6.64. The normalized spacial score (nSPS) is 20.3. The molecule has 0 amide bonds. The number of nitrogens with two attached hydrogens (primary N) is 1. The number of esters is 2. The first kappa shape index (κ1) is 64.5. The van der Waals surface area contributed by atoms with Crippen LogP contribution < -0.4 is 11.4 Å². The number of aliphatic hydroxyl groups is 3. The van der Waals surface area contributed by atoms with Gasteiger partial charge in [0.2, 0.25) is 0 Å². The van der Waals surface area contributed by atoms with Crippen LogP contribution in [0.25, 0.3) is 0 Å². The Morgan fingerprint density at radius 1 is 0.726 bits per heavy atom. The van der Waals surface area contributed by atoms with Gasteiger partial charge < -0.3 is 45.1 Å². The van der Waals surface area contributed by atoms with E-state index in [9.17, 15) is 48.6 Å². The van der Waals surface area contributed by atoms with Crippen molar-refractivity contribution in [1.29, 1.82) is 0 Å². The molecule has 408 valence electrons. The predicted molar refractivity (Wildman–Crippen MR) is 280 cm³/mol. The lowest BCUT2D eigenvalue weighted by atomic mass is 10.1. The second kappa shape index (κ2) is 38.9. The molecule has 1 saturated heterocycles. The number of phosphoric acid groups is 2. The molecule has 1 aliphatic rings. The molecule has 0 spiro atoms. The lowest BCUT2D eigenvalue weighted by Gasteiger charge is -2.21.